The van der Waals surface area contributed by atoms with Crippen molar-refractivity contribution in [1.82, 2.24) is 10.2 Å². The summed E-state index contributed by atoms with van der Waals surface area (Å²) in [7, 11) is 0. The molecule has 1 heterocycles. The highest BCUT2D eigenvalue weighted by Crippen LogP contribution is 2.29. The predicted octanol–water partition coefficient (Wildman–Crippen LogP) is 2.97. The minimum absolute atomic E-state index is 0.667. The molecule has 3 heteroatoms. The molecule has 1 N–H and O–H groups in total. The van der Waals surface area contributed by atoms with E-state index < -0.39 is 0 Å². The van der Waals surface area contributed by atoms with Gasteiger partial charge >= 0.3 is 0 Å². The maximum absolute atomic E-state index is 5.98. The van der Waals surface area contributed by atoms with Gasteiger partial charge in [0.15, 0.2) is 0 Å². The molecule has 18 heavy (non-hydrogen) atoms. The molecule has 1 aromatic rings. The molecular weight excluding hydrogens is 244 g/mol. The molecule has 2 nitrogen and oxygen atoms in total. The molecule has 0 radical (unpaired) electrons. The summed E-state index contributed by atoms with van der Waals surface area (Å²) in [6, 6.07) is 7.74. The van der Waals surface area contributed by atoms with Crippen LogP contribution in [-0.2, 0) is 6.54 Å². The van der Waals surface area contributed by atoms with Gasteiger partial charge in [-0.3, -0.25) is 4.90 Å². The Bertz CT molecular complexity index is 429. The predicted molar refractivity (Wildman–Crippen MR) is 76.0 cm³/mol. The third-order valence-corrected chi connectivity index (χ3v) is 4.40. The van der Waals surface area contributed by atoms with Gasteiger partial charge in [0.05, 0.1) is 0 Å². The lowest BCUT2D eigenvalue weighted by Crippen LogP contribution is -2.33. The average Bonchev–Trinajstić information content (AvgIpc) is 3.08. The van der Waals surface area contributed by atoms with Gasteiger partial charge in [-0.1, -0.05) is 17.7 Å². The second-order valence-corrected chi connectivity index (χ2v) is 6.10. The van der Waals surface area contributed by atoms with Crippen LogP contribution in [0, 0.1) is 6.92 Å². The largest absolute Gasteiger partial charge is 0.309 e. The van der Waals surface area contributed by atoms with Crippen molar-refractivity contribution in [3.63, 3.8) is 0 Å². The highest BCUT2D eigenvalue weighted by atomic mass is 35.5. The summed E-state index contributed by atoms with van der Waals surface area (Å²) in [6.07, 6.45) is 4.13. The van der Waals surface area contributed by atoms with Crippen LogP contribution in [0.1, 0.15) is 30.4 Å². The van der Waals surface area contributed by atoms with Crippen LogP contribution in [0.2, 0.25) is 5.02 Å². The van der Waals surface area contributed by atoms with Gasteiger partial charge in [0, 0.05) is 36.7 Å². The summed E-state index contributed by atoms with van der Waals surface area (Å²) < 4.78 is 0. The lowest BCUT2D eigenvalue weighted by Gasteiger charge is -2.16. The number of hydrogen-bond acceptors (Lipinski definition) is 2. The third-order valence-electron chi connectivity index (χ3n) is 4.17. The van der Waals surface area contributed by atoms with Crippen LogP contribution in [0.5, 0.6) is 0 Å². The SMILES string of the molecule is Cc1cc(Cl)ccc1CNC1CCN(C2CC2)C1. The number of rotatable bonds is 4. The fourth-order valence-electron chi connectivity index (χ4n) is 2.84. The molecule has 0 bridgehead atoms. The molecule has 0 aromatic heterocycles. The number of nitrogens with one attached hydrogen (secondary N) is 1. The summed E-state index contributed by atoms with van der Waals surface area (Å²) in [6.45, 7) is 5.61. The molecule has 1 atom stereocenters. The Morgan fingerprint density at radius 3 is 2.89 bits per heavy atom. The van der Waals surface area contributed by atoms with Crippen molar-refractivity contribution in [2.45, 2.75) is 44.8 Å². The van der Waals surface area contributed by atoms with Gasteiger partial charge in [-0.2, -0.15) is 0 Å². The summed E-state index contributed by atoms with van der Waals surface area (Å²) in [5.41, 5.74) is 2.65. The van der Waals surface area contributed by atoms with Crippen molar-refractivity contribution in [2.24, 2.45) is 0 Å². The Hall–Kier alpha value is -0.570. The molecule has 1 aromatic carbocycles. The Kier molecular flexibility index (Phi) is 3.60. The smallest absolute Gasteiger partial charge is 0.0408 e. The molecule has 0 amide bonds. The van der Waals surface area contributed by atoms with Crippen molar-refractivity contribution < 1.29 is 0 Å². The maximum Gasteiger partial charge on any atom is 0.0408 e. The van der Waals surface area contributed by atoms with Crippen molar-refractivity contribution in [3.8, 4) is 0 Å². The standard InChI is InChI=1S/C15H21ClN2/c1-11-8-13(16)3-2-12(11)9-17-14-6-7-18(10-14)15-4-5-15/h2-3,8,14-15,17H,4-7,9-10H2,1H3. The molecule has 1 unspecified atom stereocenters. The normalized spacial score (nSPS) is 24.7. The lowest BCUT2D eigenvalue weighted by atomic mass is 10.1. The van der Waals surface area contributed by atoms with E-state index in [4.69, 9.17) is 11.6 Å². The van der Waals surface area contributed by atoms with Gasteiger partial charge < -0.3 is 5.32 Å². The van der Waals surface area contributed by atoms with E-state index >= 15 is 0 Å². The quantitative estimate of drug-likeness (QED) is 0.900. The first-order valence-electron chi connectivity index (χ1n) is 6.95. The highest BCUT2D eigenvalue weighted by molar-refractivity contribution is 6.30. The van der Waals surface area contributed by atoms with E-state index in [2.05, 4.69) is 23.2 Å². The zero-order chi connectivity index (χ0) is 12.5. The van der Waals surface area contributed by atoms with Gasteiger partial charge in [0.25, 0.3) is 0 Å². The van der Waals surface area contributed by atoms with Crippen molar-refractivity contribution in [1.29, 1.82) is 0 Å². The van der Waals surface area contributed by atoms with Crippen LogP contribution >= 0.6 is 11.6 Å². The van der Waals surface area contributed by atoms with Gasteiger partial charge in [0.1, 0.15) is 0 Å². The van der Waals surface area contributed by atoms with Crippen LogP contribution in [0.25, 0.3) is 0 Å². The Labute approximate surface area is 114 Å². The molecule has 1 aliphatic heterocycles. The fraction of sp³-hybridized carbons (Fsp3) is 0.600. The Balaban J connectivity index is 1.51. The van der Waals surface area contributed by atoms with Crippen molar-refractivity contribution in [3.05, 3.63) is 34.3 Å². The maximum atomic E-state index is 5.98. The van der Waals surface area contributed by atoms with Crippen LogP contribution < -0.4 is 5.32 Å². The molecule has 3 rings (SSSR count). The summed E-state index contributed by atoms with van der Waals surface area (Å²) in [4.78, 5) is 2.65. The van der Waals surface area contributed by atoms with Crippen molar-refractivity contribution in [2.75, 3.05) is 13.1 Å². The first-order valence-corrected chi connectivity index (χ1v) is 7.32. The minimum atomic E-state index is 0.667. The second-order valence-electron chi connectivity index (χ2n) is 5.66. The minimum Gasteiger partial charge on any atom is -0.309 e. The zero-order valence-electron chi connectivity index (χ0n) is 11.0. The monoisotopic (exact) mass is 264 g/mol. The second kappa shape index (κ2) is 5.20. The first kappa shape index (κ1) is 12.5. The van der Waals surface area contributed by atoms with E-state index in [9.17, 15) is 0 Å². The molecule has 1 aliphatic carbocycles. The number of aryl methyl sites for hydroxylation is 1. The molecule has 1 saturated carbocycles. The molecule has 2 fully saturated rings. The highest BCUT2D eigenvalue weighted by Gasteiger charge is 2.33. The zero-order valence-corrected chi connectivity index (χ0v) is 11.7. The Morgan fingerprint density at radius 2 is 2.17 bits per heavy atom. The fourth-order valence-corrected chi connectivity index (χ4v) is 3.06. The molecule has 98 valence electrons. The van der Waals surface area contributed by atoms with E-state index in [-0.39, 0.29) is 0 Å². The van der Waals surface area contributed by atoms with E-state index in [1.165, 1.54) is 43.5 Å². The summed E-state index contributed by atoms with van der Waals surface area (Å²) >= 11 is 5.98. The van der Waals surface area contributed by atoms with Crippen LogP contribution in [0.3, 0.4) is 0 Å². The van der Waals surface area contributed by atoms with E-state index in [0.717, 1.165) is 17.6 Å². The van der Waals surface area contributed by atoms with Crippen LogP contribution in [0.15, 0.2) is 18.2 Å². The average molecular weight is 265 g/mol. The molecule has 2 aliphatic rings. The topological polar surface area (TPSA) is 15.3 Å². The van der Waals surface area contributed by atoms with Gasteiger partial charge in [-0.05, 0) is 49.4 Å². The third kappa shape index (κ3) is 2.87. The van der Waals surface area contributed by atoms with Crippen LogP contribution in [0.4, 0.5) is 0 Å². The Morgan fingerprint density at radius 1 is 1.33 bits per heavy atom. The first-order chi connectivity index (χ1) is 8.72. The lowest BCUT2D eigenvalue weighted by molar-refractivity contribution is 0.317. The molecule has 0 spiro atoms. The van der Waals surface area contributed by atoms with Gasteiger partial charge in [-0.15, -0.1) is 0 Å². The van der Waals surface area contributed by atoms with Crippen LogP contribution in [-0.4, -0.2) is 30.1 Å². The number of halogens is 1. The van der Waals surface area contributed by atoms with E-state index in [1.54, 1.807) is 0 Å². The number of hydrogen-bond donors (Lipinski definition) is 1. The number of benzene rings is 1. The van der Waals surface area contributed by atoms with E-state index in [1.807, 2.05) is 12.1 Å². The van der Waals surface area contributed by atoms with Crippen molar-refractivity contribution >= 4 is 11.6 Å². The summed E-state index contributed by atoms with van der Waals surface area (Å²) in [5, 5.41) is 4.52. The number of nitrogens with zero attached hydrogens (tertiary/aromatic N) is 1. The molecular formula is C15H21ClN2. The van der Waals surface area contributed by atoms with Gasteiger partial charge in [0.2, 0.25) is 0 Å². The summed E-state index contributed by atoms with van der Waals surface area (Å²) in [5.74, 6) is 0. The van der Waals surface area contributed by atoms with E-state index in [0.29, 0.717) is 6.04 Å². The number of likely N-dealkylation sites (tertiary alicyclic amines) is 1. The molecule has 1 saturated heterocycles. The van der Waals surface area contributed by atoms with Gasteiger partial charge in [-0.25, -0.2) is 0 Å².